The molecule has 1 fully saturated rings. The van der Waals surface area contributed by atoms with E-state index < -0.39 is 0 Å². The molecule has 5 nitrogen and oxygen atoms in total. The highest BCUT2D eigenvalue weighted by molar-refractivity contribution is 5.68. The van der Waals surface area contributed by atoms with E-state index >= 15 is 0 Å². The van der Waals surface area contributed by atoms with E-state index in [1.165, 1.54) is 25.7 Å². The summed E-state index contributed by atoms with van der Waals surface area (Å²) in [5.41, 5.74) is 0.921. The zero-order valence-corrected chi connectivity index (χ0v) is 12.6. The number of hydrogen-bond acceptors (Lipinski definition) is 4. The molecule has 1 N–H and O–H groups in total. The van der Waals surface area contributed by atoms with E-state index in [4.69, 9.17) is 9.97 Å². The van der Waals surface area contributed by atoms with Gasteiger partial charge < -0.3 is 9.88 Å². The zero-order valence-electron chi connectivity index (χ0n) is 12.6. The Kier molecular flexibility index (Phi) is 3.59. The van der Waals surface area contributed by atoms with Crippen molar-refractivity contribution in [3.8, 4) is 11.5 Å². The predicted octanol–water partition coefficient (Wildman–Crippen LogP) is 3.28. The number of nitrogens with zero attached hydrogens (tertiary/aromatic N) is 4. The van der Waals surface area contributed by atoms with E-state index in [1.807, 2.05) is 6.33 Å². The maximum Gasteiger partial charge on any atom is 0.165 e. The molecule has 0 saturated heterocycles. The van der Waals surface area contributed by atoms with Crippen LogP contribution in [0, 0.1) is 0 Å². The molecule has 0 aromatic rings. The summed E-state index contributed by atoms with van der Waals surface area (Å²) in [5, 5.41) is 3.56. The molecule has 2 aliphatic heterocycles. The molecule has 0 atom stereocenters. The Hall–Kier alpha value is -1.65. The van der Waals surface area contributed by atoms with Crippen LogP contribution in [0.25, 0.3) is 11.5 Å². The van der Waals surface area contributed by atoms with Crippen molar-refractivity contribution in [1.82, 2.24) is 19.5 Å². The summed E-state index contributed by atoms with van der Waals surface area (Å²) in [6.07, 6.45) is 6.96. The van der Waals surface area contributed by atoms with Crippen LogP contribution in [0.2, 0.25) is 0 Å². The predicted molar refractivity (Wildman–Crippen MR) is 80.1 cm³/mol. The highest BCUT2D eigenvalue weighted by Gasteiger charge is 2.23. The van der Waals surface area contributed by atoms with E-state index in [-0.39, 0.29) is 0 Å². The van der Waals surface area contributed by atoms with E-state index in [2.05, 4.69) is 35.6 Å². The van der Waals surface area contributed by atoms with Crippen molar-refractivity contribution in [2.75, 3.05) is 5.32 Å². The summed E-state index contributed by atoms with van der Waals surface area (Å²) in [4.78, 5) is 14.0. The maximum absolute atomic E-state index is 4.71. The Morgan fingerprint density at radius 3 is 2.70 bits per heavy atom. The van der Waals surface area contributed by atoms with Gasteiger partial charge in [0, 0.05) is 18.5 Å². The fraction of sp³-hybridized carbons (Fsp3) is 0.667. The lowest BCUT2D eigenvalue weighted by Crippen LogP contribution is -2.18. The molecule has 20 heavy (non-hydrogen) atoms. The van der Waals surface area contributed by atoms with E-state index in [9.17, 15) is 0 Å². The summed E-state index contributed by atoms with van der Waals surface area (Å²) in [6, 6.07) is 0.544. The fourth-order valence-electron chi connectivity index (χ4n) is 2.81. The number of imidazole rings is 1. The number of fused-ring (bicyclic) bond motifs is 1. The summed E-state index contributed by atoms with van der Waals surface area (Å²) in [5.74, 6) is 3.10. The van der Waals surface area contributed by atoms with Gasteiger partial charge in [-0.05, 0) is 19.8 Å². The molecule has 0 amide bonds. The highest BCUT2D eigenvalue weighted by atomic mass is 15.2. The average Bonchev–Trinajstić information content (AvgIpc) is 3.07. The van der Waals surface area contributed by atoms with E-state index in [1.54, 1.807) is 0 Å². The van der Waals surface area contributed by atoms with Gasteiger partial charge in [-0.2, -0.15) is 0 Å². The second-order valence-corrected chi connectivity index (χ2v) is 5.91. The van der Waals surface area contributed by atoms with Crippen LogP contribution in [-0.2, 0) is 6.54 Å². The van der Waals surface area contributed by atoms with Crippen LogP contribution in [0.4, 0.5) is 5.82 Å². The normalized spacial score (nSPS) is 16.4. The van der Waals surface area contributed by atoms with Gasteiger partial charge in [0.1, 0.15) is 5.82 Å². The standard InChI is InChI=1S/C15H23N5/c1-4-20-9-16-14(17-11-7-5-6-8-11)12-15(20)19-13(18-12)10(2)3/h9-11,17H,4-8H2,1-3H3. The van der Waals surface area contributed by atoms with Crippen molar-refractivity contribution < 1.29 is 0 Å². The molecular weight excluding hydrogens is 250 g/mol. The number of aryl methyl sites for hydroxylation is 1. The molecule has 0 bridgehead atoms. The molecule has 0 radical (unpaired) electrons. The molecule has 0 unspecified atom stereocenters. The topological polar surface area (TPSA) is 55.6 Å². The monoisotopic (exact) mass is 273 g/mol. The molecular formula is C15H23N5. The lowest BCUT2D eigenvalue weighted by Gasteiger charge is -2.16. The smallest absolute Gasteiger partial charge is 0.165 e. The van der Waals surface area contributed by atoms with Gasteiger partial charge in [-0.1, -0.05) is 26.7 Å². The Labute approximate surface area is 120 Å². The molecule has 2 heterocycles. The van der Waals surface area contributed by atoms with Gasteiger partial charge in [0.15, 0.2) is 17.3 Å². The first-order valence-corrected chi connectivity index (χ1v) is 7.68. The molecule has 5 heteroatoms. The maximum atomic E-state index is 4.71. The van der Waals surface area contributed by atoms with Crippen LogP contribution in [-0.4, -0.2) is 25.6 Å². The lowest BCUT2D eigenvalue weighted by atomic mass is 10.2. The minimum atomic E-state index is 0.340. The van der Waals surface area contributed by atoms with Gasteiger partial charge in [-0.3, -0.25) is 0 Å². The van der Waals surface area contributed by atoms with Gasteiger partial charge in [0.05, 0.1) is 6.33 Å². The lowest BCUT2D eigenvalue weighted by molar-refractivity contribution is 0.715. The van der Waals surface area contributed by atoms with Crippen molar-refractivity contribution in [1.29, 1.82) is 0 Å². The first-order valence-electron chi connectivity index (χ1n) is 7.68. The minimum Gasteiger partial charge on any atom is -0.365 e. The largest absolute Gasteiger partial charge is 0.365 e. The number of hydrogen-bond donors (Lipinski definition) is 1. The molecule has 0 aromatic carbocycles. The van der Waals surface area contributed by atoms with Crippen molar-refractivity contribution in [3.63, 3.8) is 0 Å². The fourth-order valence-corrected chi connectivity index (χ4v) is 2.81. The third-order valence-corrected chi connectivity index (χ3v) is 4.03. The first-order chi connectivity index (χ1) is 9.69. The first kappa shape index (κ1) is 13.3. The van der Waals surface area contributed by atoms with E-state index in [0.717, 1.165) is 29.7 Å². The highest BCUT2D eigenvalue weighted by Crippen LogP contribution is 2.30. The quantitative estimate of drug-likeness (QED) is 0.928. The minimum absolute atomic E-state index is 0.340. The van der Waals surface area contributed by atoms with Crippen LogP contribution < -0.4 is 5.32 Å². The van der Waals surface area contributed by atoms with Crippen molar-refractivity contribution >= 4 is 5.82 Å². The number of rotatable bonds is 4. The zero-order chi connectivity index (χ0) is 14.1. The Morgan fingerprint density at radius 2 is 2.05 bits per heavy atom. The van der Waals surface area contributed by atoms with Crippen molar-refractivity contribution in [2.45, 2.75) is 65.0 Å². The molecule has 0 spiro atoms. The van der Waals surface area contributed by atoms with Gasteiger partial charge >= 0.3 is 0 Å². The molecule has 0 aromatic heterocycles. The van der Waals surface area contributed by atoms with Crippen LogP contribution in [0.1, 0.15) is 58.2 Å². The second kappa shape index (κ2) is 5.38. The van der Waals surface area contributed by atoms with Crippen LogP contribution in [0.15, 0.2) is 6.33 Å². The Bertz CT molecular complexity index is 554. The molecule has 108 valence electrons. The van der Waals surface area contributed by atoms with Gasteiger partial charge in [0.2, 0.25) is 0 Å². The second-order valence-electron chi connectivity index (χ2n) is 5.91. The summed E-state index contributed by atoms with van der Waals surface area (Å²) >= 11 is 0. The summed E-state index contributed by atoms with van der Waals surface area (Å²) in [7, 11) is 0. The van der Waals surface area contributed by atoms with E-state index in [0.29, 0.717) is 12.0 Å². The molecule has 1 aliphatic carbocycles. The number of aromatic nitrogens is 4. The molecule has 1 saturated carbocycles. The van der Waals surface area contributed by atoms with Crippen molar-refractivity contribution in [2.24, 2.45) is 0 Å². The SMILES string of the molecule is CCn1cnc(NC2CCCC2)c2nc(C(C)C)nc1-2. The third kappa shape index (κ3) is 2.37. The van der Waals surface area contributed by atoms with Gasteiger partial charge in [0.25, 0.3) is 0 Å². The number of nitrogens with one attached hydrogen (secondary N) is 1. The summed E-state index contributed by atoms with van der Waals surface area (Å²) in [6.45, 7) is 7.22. The molecule has 3 rings (SSSR count). The van der Waals surface area contributed by atoms with Crippen LogP contribution in [0.5, 0.6) is 0 Å². The van der Waals surface area contributed by atoms with Crippen LogP contribution >= 0.6 is 0 Å². The Morgan fingerprint density at radius 1 is 1.30 bits per heavy atom. The average molecular weight is 273 g/mol. The Balaban J connectivity index is 1.99. The van der Waals surface area contributed by atoms with Crippen molar-refractivity contribution in [3.05, 3.63) is 12.2 Å². The summed E-state index contributed by atoms with van der Waals surface area (Å²) < 4.78 is 2.06. The van der Waals surface area contributed by atoms with Gasteiger partial charge in [-0.15, -0.1) is 0 Å². The number of anilines is 1. The van der Waals surface area contributed by atoms with Crippen LogP contribution in [0.3, 0.4) is 0 Å². The third-order valence-electron chi connectivity index (χ3n) is 4.03. The molecule has 3 aliphatic rings. The van der Waals surface area contributed by atoms with Gasteiger partial charge in [-0.25, -0.2) is 15.0 Å².